The Hall–Kier alpha value is -1.42. The van der Waals surface area contributed by atoms with Crippen LogP contribution in [0.2, 0.25) is 0 Å². The molecule has 5 heteroatoms. The van der Waals surface area contributed by atoms with E-state index < -0.39 is 0 Å². The number of para-hydroxylation sites is 1. The molecule has 0 aliphatic rings. The van der Waals surface area contributed by atoms with Crippen molar-refractivity contribution >= 4 is 24.1 Å². The Morgan fingerprint density at radius 2 is 1.75 bits per heavy atom. The number of hydrogen-bond donors (Lipinski definition) is 2. The molecule has 0 heterocycles. The zero-order valence-corrected chi connectivity index (χ0v) is 10.9. The van der Waals surface area contributed by atoms with Crippen LogP contribution in [0, 0.1) is 13.8 Å². The highest BCUT2D eigenvalue weighted by atomic mass is 35.5. The number of nitrogens with zero attached hydrogens (tertiary/aromatic N) is 2. The molecule has 0 saturated carbocycles. The first-order valence-electron chi connectivity index (χ1n) is 4.85. The molecule has 0 radical (unpaired) electrons. The molecule has 0 saturated heterocycles. The fourth-order valence-corrected chi connectivity index (χ4v) is 1.20. The molecule has 0 amide bonds. The van der Waals surface area contributed by atoms with E-state index in [1.807, 2.05) is 46.1 Å². The van der Waals surface area contributed by atoms with E-state index in [1.165, 1.54) is 0 Å². The van der Waals surface area contributed by atoms with Gasteiger partial charge in [-0.2, -0.15) is 0 Å². The van der Waals surface area contributed by atoms with Crippen molar-refractivity contribution < 1.29 is 0 Å². The molecule has 0 atom stereocenters. The minimum absolute atomic E-state index is 0. The lowest BCUT2D eigenvalue weighted by Crippen LogP contribution is -2.31. The highest BCUT2D eigenvalue weighted by Crippen LogP contribution is 2.18. The van der Waals surface area contributed by atoms with Gasteiger partial charge in [-0.1, -0.05) is 18.2 Å². The van der Waals surface area contributed by atoms with Crippen LogP contribution in [0.15, 0.2) is 23.3 Å². The Morgan fingerprint density at radius 1 is 1.25 bits per heavy atom. The normalized spacial score (nSPS) is 10.6. The Morgan fingerprint density at radius 3 is 2.19 bits per heavy atom. The highest BCUT2D eigenvalue weighted by Gasteiger charge is 2.00. The molecule has 0 bridgehead atoms. The summed E-state index contributed by atoms with van der Waals surface area (Å²) in [5.74, 6) is 0.456. The summed E-state index contributed by atoms with van der Waals surface area (Å²) in [6, 6.07) is 6.10. The van der Waals surface area contributed by atoms with Crippen molar-refractivity contribution in [1.29, 1.82) is 0 Å². The van der Waals surface area contributed by atoms with Crippen LogP contribution in [0.3, 0.4) is 0 Å². The van der Waals surface area contributed by atoms with Gasteiger partial charge in [0.05, 0.1) is 5.69 Å². The minimum Gasteiger partial charge on any atom is -0.368 e. The number of guanidine groups is 1. The molecular formula is C11H19ClN4. The topological polar surface area (TPSA) is 53.6 Å². The standard InChI is InChI=1S/C11H18N4.ClH/c1-8-6-5-7-9(2)10(8)13-14-11(12)15(3)4;/h5-7,13H,1-4H3,(H2,12,14);1H. The Kier molecular flexibility index (Phi) is 5.67. The first-order chi connectivity index (χ1) is 7.02. The molecule has 0 aliphatic carbocycles. The number of rotatable bonds is 2. The molecule has 90 valence electrons. The monoisotopic (exact) mass is 242 g/mol. The van der Waals surface area contributed by atoms with E-state index in [1.54, 1.807) is 4.90 Å². The summed E-state index contributed by atoms with van der Waals surface area (Å²) < 4.78 is 0. The van der Waals surface area contributed by atoms with E-state index in [9.17, 15) is 0 Å². The molecule has 3 N–H and O–H groups in total. The fraction of sp³-hybridized carbons (Fsp3) is 0.364. The van der Waals surface area contributed by atoms with Crippen molar-refractivity contribution in [3.8, 4) is 0 Å². The van der Waals surface area contributed by atoms with Gasteiger partial charge in [0.25, 0.3) is 0 Å². The van der Waals surface area contributed by atoms with Crippen molar-refractivity contribution in [2.45, 2.75) is 13.8 Å². The van der Waals surface area contributed by atoms with Crippen molar-refractivity contribution in [1.82, 2.24) is 4.90 Å². The third-order valence-electron chi connectivity index (χ3n) is 2.22. The molecule has 0 unspecified atom stereocenters. The van der Waals surface area contributed by atoms with Gasteiger partial charge in [0, 0.05) is 14.1 Å². The average Bonchev–Trinajstić information content (AvgIpc) is 2.16. The Balaban J connectivity index is 0.00000225. The Labute approximate surface area is 103 Å². The largest absolute Gasteiger partial charge is 0.368 e. The van der Waals surface area contributed by atoms with Crippen LogP contribution in [0.5, 0.6) is 0 Å². The predicted molar refractivity (Wildman–Crippen MR) is 72.1 cm³/mol. The van der Waals surface area contributed by atoms with Crippen molar-refractivity contribution in [3.63, 3.8) is 0 Å². The summed E-state index contributed by atoms with van der Waals surface area (Å²) in [5.41, 5.74) is 12.0. The number of anilines is 1. The number of halogens is 1. The second-order valence-corrected chi connectivity index (χ2v) is 3.74. The summed E-state index contributed by atoms with van der Waals surface area (Å²) in [5, 5.41) is 4.09. The molecule has 4 nitrogen and oxygen atoms in total. The second kappa shape index (κ2) is 6.23. The van der Waals surface area contributed by atoms with E-state index in [-0.39, 0.29) is 12.4 Å². The maximum Gasteiger partial charge on any atom is 0.213 e. The Bertz CT molecular complexity index is 354. The minimum atomic E-state index is 0. The van der Waals surface area contributed by atoms with Crippen LogP contribution in [0.4, 0.5) is 5.69 Å². The molecular weight excluding hydrogens is 224 g/mol. The highest BCUT2D eigenvalue weighted by molar-refractivity contribution is 5.85. The van der Waals surface area contributed by atoms with Crippen molar-refractivity contribution in [2.24, 2.45) is 10.8 Å². The van der Waals surface area contributed by atoms with Crippen LogP contribution in [-0.2, 0) is 0 Å². The molecule has 1 aromatic carbocycles. The lowest BCUT2D eigenvalue weighted by Gasteiger charge is -2.13. The lowest BCUT2D eigenvalue weighted by atomic mass is 10.1. The fourth-order valence-electron chi connectivity index (χ4n) is 1.20. The SMILES string of the molecule is Cc1cccc(C)c1N/N=C(\N)N(C)C.Cl. The van der Waals surface area contributed by atoms with E-state index >= 15 is 0 Å². The summed E-state index contributed by atoms with van der Waals surface area (Å²) in [7, 11) is 3.70. The summed E-state index contributed by atoms with van der Waals surface area (Å²) in [6.45, 7) is 4.08. The van der Waals surface area contributed by atoms with Gasteiger partial charge in [-0.25, -0.2) is 0 Å². The lowest BCUT2D eigenvalue weighted by molar-refractivity contribution is 0.613. The number of nitrogens with two attached hydrogens (primary N) is 1. The first kappa shape index (κ1) is 14.6. The van der Waals surface area contributed by atoms with Crippen LogP contribution in [0.25, 0.3) is 0 Å². The van der Waals surface area contributed by atoms with Gasteiger partial charge in [0.2, 0.25) is 5.96 Å². The van der Waals surface area contributed by atoms with Gasteiger partial charge >= 0.3 is 0 Å². The third kappa shape index (κ3) is 3.62. The van der Waals surface area contributed by atoms with Crippen LogP contribution in [0.1, 0.15) is 11.1 Å². The molecule has 0 spiro atoms. The molecule has 1 aromatic rings. The van der Waals surface area contributed by atoms with E-state index in [2.05, 4.69) is 10.5 Å². The number of hydrogen-bond acceptors (Lipinski definition) is 2. The number of aryl methyl sites for hydroxylation is 2. The number of nitrogens with one attached hydrogen (secondary N) is 1. The van der Waals surface area contributed by atoms with E-state index in [0.29, 0.717) is 5.96 Å². The predicted octanol–water partition coefficient (Wildman–Crippen LogP) is 1.93. The molecule has 1 rings (SSSR count). The van der Waals surface area contributed by atoms with Crippen LogP contribution >= 0.6 is 12.4 Å². The van der Waals surface area contributed by atoms with Gasteiger partial charge in [-0.15, -0.1) is 17.5 Å². The maximum absolute atomic E-state index is 5.68. The quantitative estimate of drug-likeness (QED) is 0.473. The zero-order valence-electron chi connectivity index (χ0n) is 10.1. The summed E-state index contributed by atoms with van der Waals surface area (Å²) >= 11 is 0. The van der Waals surface area contributed by atoms with Gasteiger partial charge in [-0.3, -0.25) is 5.43 Å². The third-order valence-corrected chi connectivity index (χ3v) is 2.22. The number of hydrazone groups is 1. The molecule has 0 fully saturated rings. The van der Waals surface area contributed by atoms with Crippen LogP contribution < -0.4 is 11.2 Å². The van der Waals surface area contributed by atoms with Crippen molar-refractivity contribution in [2.75, 3.05) is 19.5 Å². The number of benzene rings is 1. The van der Waals surface area contributed by atoms with Gasteiger partial charge < -0.3 is 10.6 Å². The van der Waals surface area contributed by atoms with E-state index in [0.717, 1.165) is 16.8 Å². The molecule has 0 aromatic heterocycles. The second-order valence-electron chi connectivity index (χ2n) is 3.74. The summed E-state index contributed by atoms with van der Waals surface area (Å²) in [6.07, 6.45) is 0. The average molecular weight is 243 g/mol. The van der Waals surface area contributed by atoms with Gasteiger partial charge in [0.15, 0.2) is 0 Å². The van der Waals surface area contributed by atoms with Crippen LogP contribution in [-0.4, -0.2) is 25.0 Å². The van der Waals surface area contributed by atoms with Crippen molar-refractivity contribution in [3.05, 3.63) is 29.3 Å². The maximum atomic E-state index is 5.68. The zero-order chi connectivity index (χ0) is 11.4. The first-order valence-corrected chi connectivity index (χ1v) is 4.85. The van der Waals surface area contributed by atoms with E-state index in [4.69, 9.17) is 5.73 Å². The smallest absolute Gasteiger partial charge is 0.213 e. The molecule has 0 aliphatic heterocycles. The summed E-state index contributed by atoms with van der Waals surface area (Å²) in [4.78, 5) is 1.75. The molecule has 16 heavy (non-hydrogen) atoms. The van der Waals surface area contributed by atoms with Gasteiger partial charge in [-0.05, 0) is 25.0 Å². The van der Waals surface area contributed by atoms with Gasteiger partial charge in [0.1, 0.15) is 0 Å².